The number of amides is 1. The van der Waals surface area contributed by atoms with Crippen LogP contribution in [0.3, 0.4) is 0 Å². The molecule has 152 valence electrons. The van der Waals surface area contributed by atoms with Crippen LogP contribution in [-0.4, -0.2) is 45.5 Å². The van der Waals surface area contributed by atoms with Gasteiger partial charge in [0.25, 0.3) is 0 Å². The number of carbonyl (C=O) groups excluding carboxylic acids is 1. The molecule has 1 amide bonds. The Labute approximate surface area is 178 Å². The van der Waals surface area contributed by atoms with Crippen LogP contribution in [0.2, 0.25) is 0 Å². The first-order chi connectivity index (χ1) is 14.2. The lowest BCUT2D eigenvalue weighted by Gasteiger charge is -2.26. The Balaban J connectivity index is 1.32. The van der Waals surface area contributed by atoms with Crippen LogP contribution in [0.25, 0.3) is 10.7 Å². The number of aryl methyl sites for hydroxylation is 2. The number of nitrogens with zero attached hydrogens (tertiary/aromatic N) is 3. The fraction of sp³-hybridized carbons (Fsp3) is 0.381. The van der Waals surface area contributed by atoms with E-state index in [1.807, 2.05) is 36.2 Å². The molecule has 0 unspecified atom stereocenters. The normalized spacial score (nSPS) is 14.8. The monoisotopic (exact) mass is 428 g/mol. The maximum absolute atomic E-state index is 12.5. The van der Waals surface area contributed by atoms with Gasteiger partial charge in [-0.05, 0) is 35.6 Å². The molecule has 1 aliphatic rings. The minimum atomic E-state index is -0.0458. The van der Waals surface area contributed by atoms with E-state index in [4.69, 9.17) is 4.52 Å². The van der Waals surface area contributed by atoms with Crippen LogP contribution < -0.4 is 5.32 Å². The highest BCUT2D eigenvalue weighted by Crippen LogP contribution is 2.22. The van der Waals surface area contributed by atoms with Crippen LogP contribution in [-0.2, 0) is 17.8 Å². The summed E-state index contributed by atoms with van der Waals surface area (Å²) in [6.07, 6.45) is 0.730. The van der Waals surface area contributed by atoms with Gasteiger partial charge in [0.2, 0.25) is 17.6 Å². The smallest absolute Gasteiger partial charge is 0.227 e. The number of thioether (sulfide) groups is 1. The summed E-state index contributed by atoms with van der Waals surface area (Å²) in [5.41, 5.74) is 3.17. The van der Waals surface area contributed by atoms with Crippen molar-refractivity contribution in [3.05, 3.63) is 52.7 Å². The summed E-state index contributed by atoms with van der Waals surface area (Å²) in [7, 11) is 0. The molecule has 1 aliphatic heterocycles. The Morgan fingerprint density at radius 2 is 2.14 bits per heavy atom. The van der Waals surface area contributed by atoms with E-state index in [-0.39, 0.29) is 5.91 Å². The number of hydrogen-bond acceptors (Lipinski definition) is 7. The Kier molecular flexibility index (Phi) is 6.63. The van der Waals surface area contributed by atoms with Crippen LogP contribution in [0.5, 0.6) is 0 Å². The largest absolute Gasteiger partial charge is 0.339 e. The molecule has 3 aromatic rings. The Hall–Kier alpha value is -2.16. The predicted octanol–water partition coefficient (Wildman–Crippen LogP) is 4.23. The molecule has 4 rings (SSSR count). The van der Waals surface area contributed by atoms with Crippen molar-refractivity contribution in [3.63, 3.8) is 0 Å². The van der Waals surface area contributed by atoms with Gasteiger partial charge in [-0.15, -0.1) is 11.3 Å². The first kappa shape index (κ1) is 20.1. The zero-order valence-electron chi connectivity index (χ0n) is 16.4. The summed E-state index contributed by atoms with van der Waals surface area (Å²) in [6, 6.07) is 10.2. The molecule has 0 aliphatic carbocycles. The molecule has 1 N–H and O–H groups in total. The zero-order valence-corrected chi connectivity index (χ0v) is 18.0. The summed E-state index contributed by atoms with van der Waals surface area (Å²) in [5, 5.41) is 9.00. The lowest BCUT2D eigenvalue weighted by atomic mass is 10.1. The minimum Gasteiger partial charge on any atom is -0.339 e. The average Bonchev–Trinajstić information content (AvgIpc) is 3.41. The highest BCUT2D eigenvalue weighted by atomic mass is 32.2. The standard InChI is InChI=1S/C21H24N4O2S2/c1-15-4-5-16(14-25-8-11-28-12-9-25)13-17(15)22-19(26)6-7-20-23-21(24-27-20)18-3-2-10-29-18/h2-5,10,13H,6-9,11-12,14H2,1H3,(H,22,26). The second-order valence-electron chi connectivity index (χ2n) is 7.07. The second-order valence-corrected chi connectivity index (χ2v) is 9.25. The first-order valence-electron chi connectivity index (χ1n) is 9.73. The van der Waals surface area contributed by atoms with Crippen molar-refractivity contribution in [2.45, 2.75) is 26.3 Å². The van der Waals surface area contributed by atoms with Gasteiger partial charge in [0.1, 0.15) is 0 Å². The van der Waals surface area contributed by atoms with Crippen molar-refractivity contribution in [3.8, 4) is 10.7 Å². The van der Waals surface area contributed by atoms with Crippen LogP contribution in [0.4, 0.5) is 5.69 Å². The van der Waals surface area contributed by atoms with Gasteiger partial charge in [0.05, 0.1) is 4.88 Å². The van der Waals surface area contributed by atoms with Gasteiger partial charge >= 0.3 is 0 Å². The number of rotatable bonds is 7. The number of aromatic nitrogens is 2. The van der Waals surface area contributed by atoms with Gasteiger partial charge in [-0.2, -0.15) is 16.7 Å². The third kappa shape index (κ3) is 5.46. The molecule has 0 spiro atoms. The lowest BCUT2D eigenvalue weighted by Crippen LogP contribution is -2.32. The molecule has 6 nitrogen and oxygen atoms in total. The van der Waals surface area contributed by atoms with Crippen molar-refractivity contribution < 1.29 is 9.32 Å². The molecule has 29 heavy (non-hydrogen) atoms. The van der Waals surface area contributed by atoms with E-state index in [0.717, 1.165) is 35.8 Å². The third-order valence-electron chi connectivity index (χ3n) is 4.86. The topological polar surface area (TPSA) is 71.3 Å². The number of benzene rings is 1. The lowest BCUT2D eigenvalue weighted by molar-refractivity contribution is -0.116. The van der Waals surface area contributed by atoms with E-state index in [2.05, 4.69) is 38.6 Å². The number of hydrogen-bond donors (Lipinski definition) is 1. The number of thiophene rings is 1. The highest BCUT2D eigenvalue weighted by Gasteiger charge is 2.14. The molecule has 8 heteroatoms. The fourth-order valence-corrected chi connectivity index (χ4v) is 4.84. The zero-order chi connectivity index (χ0) is 20.1. The number of carbonyl (C=O) groups is 1. The van der Waals surface area contributed by atoms with E-state index in [0.29, 0.717) is 24.6 Å². The molecule has 0 radical (unpaired) electrons. The van der Waals surface area contributed by atoms with E-state index < -0.39 is 0 Å². The fourth-order valence-electron chi connectivity index (χ4n) is 3.22. The van der Waals surface area contributed by atoms with Gasteiger partial charge < -0.3 is 9.84 Å². The number of anilines is 1. The third-order valence-corrected chi connectivity index (χ3v) is 6.67. The summed E-state index contributed by atoms with van der Waals surface area (Å²) < 4.78 is 5.27. The average molecular weight is 429 g/mol. The molecular weight excluding hydrogens is 404 g/mol. The summed E-state index contributed by atoms with van der Waals surface area (Å²) in [4.78, 5) is 20.3. The SMILES string of the molecule is Cc1ccc(CN2CCSCC2)cc1NC(=O)CCc1nc(-c2cccs2)no1. The molecule has 1 saturated heterocycles. The van der Waals surface area contributed by atoms with Crippen molar-refractivity contribution in [2.75, 3.05) is 29.9 Å². The van der Waals surface area contributed by atoms with Crippen molar-refractivity contribution in [2.24, 2.45) is 0 Å². The number of nitrogens with one attached hydrogen (secondary N) is 1. The Morgan fingerprint density at radius 1 is 1.28 bits per heavy atom. The quantitative estimate of drug-likeness (QED) is 0.607. The van der Waals surface area contributed by atoms with Gasteiger partial charge in [0.15, 0.2) is 0 Å². The van der Waals surface area contributed by atoms with Crippen LogP contribution in [0.15, 0.2) is 40.2 Å². The van der Waals surface area contributed by atoms with Crippen LogP contribution in [0.1, 0.15) is 23.4 Å². The molecular formula is C21H24N4O2S2. The molecule has 2 aromatic heterocycles. The van der Waals surface area contributed by atoms with E-state index in [1.165, 1.54) is 17.1 Å². The van der Waals surface area contributed by atoms with Gasteiger partial charge in [-0.1, -0.05) is 23.4 Å². The molecule has 0 saturated carbocycles. The van der Waals surface area contributed by atoms with Crippen LogP contribution >= 0.6 is 23.1 Å². The molecule has 1 fully saturated rings. The summed E-state index contributed by atoms with van der Waals surface area (Å²) in [6.45, 7) is 5.19. The first-order valence-corrected chi connectivity index (χ1v) is 11.8. The Bertz CT molecular complexity index is 950. The van der Waals surface area contributed by atoms with Crippen LogP contribution in [0, 0.1) is 6.92 Å². The maximum atomic E-state index is 12.5. The minimum absolute atomic E-state index is 0.0458. The summed E-state index contributed by atoms with van der Waals surface area (Å²) >= 11 is 3.57. The molecule has 1 aromatic carbocycles. The van der Waals surface area contributed by atoms with Gasteiger partial charge in [-0.25, -0.2) is 0 Å². The Morgan fingerprint density at radius 3 is 2.93 bits per heavy atom. The van der Waals surface area contributed by atoms with E-state index >= 15 is 0 Å². The predicted molar refractivity (Wildman–Crippen MR) is 118 cm³/mol. The highest BCUT2D eigenvalue weighted by molar-refractivity contribution is 7.99. The summed E-state index contributed by atoms with van der Waals surface area (Å²) in [5.74, 6) is 3.40. The molecule has 0 atom stereocenters. The maximum Gasteiger partial charge on any atom is 0.227 e. The van der Waals surface area contributed by atoms with Gasteiger partial charge in [0, 0.05) is 49.7 Å². The van der Waals surface area contributed by atoms with Crippen molar-refractivity contribution in [1.29, 1.82) is 0 Å². The molecule has 3 heterocycles. The van der Waals surface area contributed by atoms with Gasteiger partial charge in [-0.3, -0.25) is 9.69 Å². The molecule has 0 bridgehead atoms. The van der Waals surface area contributed by atoms with E-state index in [1.54, 1.807) is 11.3 Å². The second kappa shape index (κ2) is 9.56. The van der Waals surface area contributed by atoms with Crippen molar-refractivity contribution >= 4 is 34.7 Å². The van der Waals surface area contributed by atoms with E-state index in [9.17, 15) is 4.79 Å². The van der Waals surface area contributed by atoms with Crippen molar-refractivity contribution in [1.82, 2.24) is 15.0 Å².